The molecule has 0 heterocycles. The van der Waals surface area contributed by atoms with Gasteiger partial charge in [0.2, 0.25) is 0 Å². The predicted molar refractivity (Wildman–Crippen MR) is 107 cm³/mol. The van der Waals surface area contributed by atoms with E-state index in [0.717, 1.165) is 6.07 Å². The summed E-state index contributed by atoms with van der Waals surface area (Å²) < 4.78 is 253. The number of benzene rings is 2. The minimum absolute atomic E-state index is 0.0629. The molecule has 2 aromatic carbocycles. The number of anilines is 1. The van der Waals surface area contributed by atoms with Crippen LogP contribution >= 0.6 is 0 Å². The van der Waals surface area contributed by atoms with E-state index in [4.69, 9.17) is 0 Å². The molecule has 2 rings (SSSR count). The third-order valence-corrected chi connectivity index (χ3v) is 7.16. The molecule has 0 fully saturated rings. The summed E-state index contributed by atoms with van der Waals surface area (Å²) in [5.74, 6) is -44.1. The molecule has 0 aromatic heterocycles. The summed E-state index contributed by atoms with van der Waals surface area (Å²) in [7, 11) is -7.94. The van der Waals surface area contributed by atoms with Crippen LogP contribution in [0, 0.1) is 0 Å². The van der Waals surface area contributed by atoms with Gasteiger partial charge in [-0.3, -0.25) is 4.72 Å². The topological polar surface area (TPSA) is 66.4 Å². The van der Waals surface area contributed by atoms with E-state index in [2.05, 4.69) is 0 Å². The van der Waals surface area contributed by atoms with E-state index in [1.54, 1.807) is 0 Å². The first kappa shape index (κ1) is 35.0. The van der Waals surface area contributed by atoms with Crippen molar-refractivity contribution in [1.82, 2.24) is 0 Å². The maximum absolute atomic E-state index is 14.9. The number of nitrogens with one attached hydrogen (secondary N) is 1. The Kier molecular flexibility index (Phi) is 8.27. The molecule has 0 aliphatic heterocycles. The van der Waals surface area contributed by atoms with Gasteiger partial charge in [0.05, 0.1) is 0 Å². The Morgan fingerprint density at radius 3 is 1.33 bits per heavy atom. The number of phenolic OH excluding ortho intramolecular Hbond substituents is 1. The van der Waals surface area contributed by atoms with E-state index in [1.165, 1.54) is 18.2 Å². The lowest BCUT2D eigenvalue weighted by Crippen LogP contribution is -2.76. The lowest BCUT2D eigenvalue weighted by molar-refractivity contribution is -0.450. The molecule has 1 atom stereocenters. The summed E-state index contributed by atoms with van der Waals surface area (Å²) in [6, 6.07) is 6.95. The zero-order valence-corrected chi connectivity index (χ0v) is 20.0. The van der Waals surface area contributed by atoms with Crippen LogP contribution in [0.2, 0.25) is 0 Å². The molecular weight excluding hydrogens is 657 g/mol. The van der Waals surface area contributed by atoms with Crippen LogP contribution in [0.5, 0.6) is 5.75 Å². The maximum Gasteiger partial charge on any atom is 0.460 e. The van der Waals surface area contributed by atoms with Crippen LogP contribution in [0.4, 0.5) is 80.3 Å². The van der Waals surface area contributed by atoms with Crippen molar-refractivity contribution < 1.29 is 88.2 Å². The monoisotopic (exact) mass is 667 g/mol. The number of aromatic hydroxyl groups is 1. The Labute approximate surface area is 221 Å². The van der Waals surface area contributed by atoms with Crippen LogP contribution in [-0.2, 0) is 10.0 Å². The summed E-state index contributed by atoms with van der Waals surface area (Å²) in [6.07, 6.45) is -15.9. The van der Waals surface area contributed by atoms with Gasteiger partial charge in [-0.2, -0.15) is 70.2 Å². The number of phenols is 1. The van der Waals surface area contributed by atoms with Crippen molar-refractivity contribution in [2.24, 2.45) is 0 Å². The minimum atomic E-state index is -8.92. The summed E-state index contributed by atoms with van der Waals surface area (Å²) in [5.41, 5.74) is -1.59. The van der Waals surface area contributed by atoms with Gasteiger partial charge in [0.25, 0.3) is 10.0 Å². The van der Waals surface area contributed by atoms with Gasteiger partial charge in [-0.25, -0.2) is 12.8 Å². The van der Waals surface area contributed by atoms with Crippen LogP contribution in [0.25, 0.3) is 11.1 Å². The number of alkyl halides is 17. The predicted octanol–water partition coefficient (Wildman–Crippen LogP) is 7.77. The first-order valence-corrected chi connectivity index (χ1v) is 11.6. The molecule has 0 saturated carbocycles. The molecule has 0 aliphatic rings. The summed E-state index contributed by atoms with van der Waals surface area (Å²) >= 11 is 0. The average Bonchev–Trinajstić information content (AvgIpc) is 2.82. The highest BCUT2D eigenvalue weighted by Gasteiger charge is 2.97. The molecule has 0 spiro atoms. The first-order chi connectivity index (χ1) is 18.5. The molecule has 0 radical (unpaired) electrons. The fourth-order valence-electron chi connectivity index (χ4n) is 3.13. The van der Waals surface area contributed by atoms with Crippen LogP contribution in [-0.4, -0.2) is 60.5 Å². The van der Waals surface area contributed by atoms with Crippen molar-refractivity contribution in [3.8, 4) is 16.9 Å². The van der Waals surface area contributed by atoms with E-state index in [0.29, 0.717) is 29.0 Å². The van der Waals surface area contributed by atoms with E-state index >= 15 is 0 Å². The summed E-state index contributed by atoms with van der Waals surface area (Å²) in [4.78, 5) is 0. The SMILES string of the molecule is O=S(=O)(Nc1ccc(-c2ccccc2O)cc1)C(F)(C(F)(F)F)C(F)(F)C(F)(F)C(F)(F)C(F)(F)C(F)(F)C(F)(F)F. The molecule has 22 heteroatoms. The number of para-hydroxylation sites is 1. The van der Waals surface area contributed by atoms with E-state index < -0.39 is 68.4 Å². The first-order valence-electron chi connectivity index (χ1n) is 10.1. The van der Waals surface area contributed by atoms with Crippen LogP contribution in [0.15, 0.2) is 48.5 Å². The third kappa shape index (κ3) is 4.83. The van der Waals surface area contributed by atoms with Crippen LogP contribution < -0.4 is 4.72 Å². The number of halogens is 17. The van der Waals surface area contributed by atoms with Crippen molar-refractivity contribution in [3.63, 3.8) is 0 Å². The highest BCUT2D eigenvalue weighted by molar-refractivity contribution is 7.94. The second-order valence-electron chi connectivity index (χ2n) is 8.16. The zero-order valence-electron chi connectivity index (χ0n) is 19.2. The highest BCUT2D eigenvalue weighted by atomic mass is 32.2. The van der Waals surface area contributed by atoms with Gasteiger partial charge in [0.15, 0.2) is 0 Å². The minimum Gasteiger partial charge on any atom is -0.507 e. The quantitative estimate of drug-likeness (QED) is 0.269. The summed E-state index contributed by atoms with van der Waals surface area (Å²) in [5, 5.41) is 1.64. The standard InChI is InChI=1S/C20H10F17NO3S/c21-13(22,15(25,26)17(29,30)19(32,33)34)14(23,24)16(27,28)18(31,20(35,36)37)42(40,41)38-10-7-5-9(6-8-10)11-3-1-2-4-12(11)39/h1-8,38-39H. The molecule has 238 valence electrons. The van der Waals surface area contributed by atoms with Gasteiger partial charge in [-0.1, -0.05) is 30.3 Å². The van der Waals surface area contributed by atoms with Crippen LogP contribution in [0.3, 0.4) is 0 Å². The molecule has 42 heavy (non-hydrogen) atoms. The Morgan fingerprint density at radius 2 is 0.929 bits per heavy atom. The average molecular weight is 667 g/mol. The van der Waals surface area contributed by atoms with Gasteiger partial charge in [-0.05, 0) is 23.8 Å². The number of sulfonamides is 1. The van der Waals surface area contributed by atoms with Gasteiger partial charge in [-0.15, -0.1) is 0 Å². The Bertz CT molecular complexity index is 1400. The molecule has 0 bridgehead atoms. The van der Waals surface area contributed by atoms with E-state index in [1.807, 2.05) is 0 Å². The molecule has 0 amide bonds. The maximum atomic E-state index is 14.9. The molecule has 4 nitrogen and oxygen atoms in total. The smallest absolute Gasteiger partial charge is 0.460 e. The molecule has 0 aliphatic carbocycles. The second-order valence-corrected chi connectivity index (χ2v) is 9.94. The van der Waals surface area contributed by atoms with Gasteiger partial charge in [0.1, 0.15) is 5.75 Å². The van der Waals surface area contributed by atoms with E-state index in [9.17, 15) is 88.2 Å². The zero-order chi connectivity index (χ0) is 33.2. The van der Waals surface area contributed by atoms with E-state index in [-0.39, 0.29) is 11.1 Å². The normalized spacial score (nSPS) is 16.2. The Hall–Kier alpha value is -3.20. The Balaban J connectivity index is 2.69. The second kappa shape index (κ2) is 9.93. The lowest BCUT2D eigenvalue weighted by Gasteiger charge is -2.43. The Morgan fingerprint density at radius 1 is 0.524 bits per heavy atom. The number of hydrogen-bond acceptors (Lipinski definition) is 3. The third-order valence-electron chi connectivity index (χ3n) is 5.42. The lowest BCUT2D eigenvalue weighted by atomic mass is 9.91. The molecule has 2 N–H and O–H groups in total. The van der Waals surface area contributed by atoms with Crippen molar-refractivity contribution in [2.45, 2.75) is 47.0 Å². The van der Waals surface area contributed by atoms with Crippen molar-refractivity contribution >= 4 is 15.7 Å². The fourth-order valence-corrected chi connectivity index (χ4v) is 4.49. The molecule has 1 unspecified atom stereocenters. The number of rotatable bonds is 9. The number of hydrogen-bond donors (Lipinski definition) is 2. The van der Waals surface area contributed by atoms with Gasteiger partial charge in [0, 0.05) is 11.3 Å². The largest absolute Gasteiger partial charge is 0.507 e. The van der Waals surface area contributed by atoms with Gasteiger partial charge >= 0.3 is 47.0 Å². The summed E-state index contributed by atoms with van der Waals surface area (Å²) in [6.45, 7) is 0. The molecular formula is C20H10F17NO3S. The molecule has 2 aromatic rings. The molecule has 0 saturated heterocycles. The fraction of sp³-hybridized carbons (Fsp3) is 0.400. The van der Waals surface area contributed by atoms with Gasteiger partial charge < -0.3 is 5.11 Å². The highest BCUT2D eigenvalue weighted by Crippen LogP contribution is 2.64. The van der Waals surface area contributed by atoms with Crippen LogP contribution in [0.1, 0.15) is 0 Å². The van der Waals surface area contributed by atoms with Crippen molar-refractivity contribution in [2.75, 3.05) is 4.72 Å². The van der Waals surface area contributed by atoms with Crippen molar-refractivity contribution in [1.29, 1.82) is 0 Å². The van der Waals surface area contributed by atoms with Crippen molar-refractivity contribution in [3.05, 3.63) is 48.5 Å².